The van der Waals surface area contributed by atoms with Gasteiger partial charge in [-0.2, -0.15) is 0 Å². The van der Waals surface area contributed by atoms with Crippen molar-refractivity contribution in [1.82, 2.24) is 14.9 Å². The SMILES string of the molecule is CN(C)C(=O)c1ccc(C(CC(=O)O)c2nc(CCCc3ccc4c(n3)NCCC4)cs2)cc1F. The fourth-order valence-corrected chi connectivity index (χ4v) is 5.22. The fourth-order valence-electron chi connectivity index (χ4n) is 4.24. The fraction of sp³-hybridized carbons (Fsp3) is 0.385. The van der Waals surface area contributed by atoms with Gasteiger partial charge < -0.3 is 15.3 Å². The van der Waals surface area contributed by atoms with Crippen LogP contribution in [-0.4, -0.2) is 52.5 Å². The number of pyridine rings is 1. The van der Waals surface area contributed by atoms with Gasteiger partial charge in [0.1, 0.15) is 16.6 Å². The Morgan fingerprint density at radius 3 is 2.71 bits per heavy atom. The van der Waals surface area contributed by atoms with E-state index in [9.17, 15) is 19.1 Å². The van der Waals surface area contributed by atoms with Gasteiger partial charge in [0.05, 0.1) is 17.7 Å². The molecule has 2 aromatic heterocycles. The maximum absolute atomic E-state index is 14.7. The Kier molecular flexibility index (Phi) is 7.75. The lowest BCUT2D eigenvalue weighted by molar-refractivity contribution is -0.137. The number of amides is 1. The first-order chi connectivity index (χ1) is 16.8. The van der Waals surface area contributed by atoms with Gasteiger partial charge in [-0.3, -0.25) is 9.59 Å². The zero-order valence-corrected chi connectivity index (χ0v) is 20.7. The number of rotatable bonds is 9. The third-order valence-electron chi connectivity index (χ3n) is 6.10. The van der Waals surface area contributed by atoms with Gasteiger partial charge in [0.15, 0.2) is 0 Å². The molecule has 1 aliphatic rings. The summed E-state index contributed by atoms with van der Waals surface area (Å²) in [7, 11) is 3.11. The molecule has 1 atom stereocenters. The first-order valence-electron chi connectivity index (χ1n) is 11.7. The van der Waals surface area contributed by atoms with Crippen LogP contribution in [0.3, 0.4) is 0 Å². The highest BCUT2D eigenvalue weighted by Crippen LogP contribution is 2.32. The molecule has 1 amide bonds. The molecule has 1 aromatic carbocycles. The molecule has 1 aliphatic heterocycles. The molecule has 0 bridgehead atoms. The molecule has 0 saturated heterocycles. The van der Waals surface area contributed by atoms with E-state index in [1.807, 2.05) is 5.38 Å². The maximum atomic E-state index is 14.7. The van der Waals surface area contributed by atoms with Crippen LogP contribution >= 0.6 is 11.3 Å². The van der Waals surface area contributed by atoms with Crippen molar-refractivity contribution < 1.29 is 19.1 Å². The molecular weight excluding hydrogens is 467 g/mol. The number of nitrogens with zero attached hydrogens (tertiary/aromatic N) is 3. The van der Waals surface area contributed by atoms with Gasteiger partial charge >= 0.3 is 5.97 Å². The van der Waals surface area contributed by atoms with Crippen molar-refractivity contribution in [2.75, 3.05) is 26.0 Å². The maximum Gasteiger partial charge on any atom is 0.304 e. The van der Waals surface area contributed by atoms with E-state index >= 15 is 0 Å². The summed E-state index contributed by atoms with van der Waals surface area (Å²) in [6, 6.07) is 8.51. The molecule has 35 heavy (non-hydrogen) atoms. The normalized spacial score (nSPS) is 13.6. The smallest absolute Gasteiger partial charge is 0.304 e. The first-order valence-corrected chi connectivity index (χ1v) is 12.6. The van der Waals surface area contributed by atoms with Crippen molar-refractivity contribution in [2.24, 2.45) is 0 Å². The number of thiazole rings is 1. The van der Waals surface area contributed by atoms with Crippen LogP contribution in [0, 0.1) is 5.82 Å². The molecule has 0 spiro atoms. The number of halogens is 1. The summed E-state index contributed by atoms with van der Waals surface area (Å²) in [6.07, 6.45) is 4.43. The number of hydrogen-bond donors (Lipinski definition) is 2. The number of benzene rings is 1. The van der Waals surface area contributed by atoms with Crippen LogP contribution < -0.4 is 5.32 Å². The van der Waals surface area contributed by atoms with E-state index in [4.69, 9.17) is 4.98 Å². The number of fused-ring (bicyclic) bond motifs is 1. The summed E-state index contributed by atoms with van der Waals surface area (Å²) >= 11 is 1.38. The second-order valence-corrected chi connectivity index (χ2v) is 9.85. The Labute approximate surface area is 208 Å². The Balaban J connectivity index is 1.45. The highest BCUT2D eigenvalue weighted by molar-refractivity contribution is 7.09. The minimum Gasteiger partial charge on any atom is -0.481 e. The molecule has 2 N–H and O–H groups in total. The Morgan fingerprint density at radius 2 is 1.97 bits per heavy atom. The van der Waals surface area contributed by atoms with Gasteiger partial charge in [-0.05, 0) is 61.4 Å². The minimum absolute atomic E-state index is 0.0429. The molecule has 3 heterocycles. The summed E-state index contributed by atoms with van der Waals surface area (Å²) in [6.45, 7) is 0.959. The third-order valence-corrected chi connectivity index (χ3v) is 7.10. The number of nitrogens with one attached hydrogen (secondary N) is 1. The average molecular weight is 497 g/mol. The molecule has 1 unspecified atom stereocenters. The molecule has 3 aromatic rings. The number of hydrogen-bond acceptors (Lipinski definition) is 6. The molecule has 0 fully saturated rings. The molecular formula is C26H29FN4O3S. The van der Waals surface area contributed by atoms with Crippen LogP contribution in [0.25, 0.3) is 0 Å². The van der Waals surface area contributed by atoms with Gasteiger partial charge in [0, 0.05) is 37.6 Å². The lowest BCUT2D eigenvalue weighted by Gasteiger charge is -2.17. The monoisotopic (exact) mass is 496 g/mol. The van der Waals surface area contributed by atoms with Crippen LogP contribution in [0.15, 0.2) is 35.7 Å². The van der Waals surface area contributed by atoms with Crippen molar-refractivity contribution in [1.29, 1.82) is 0 Å². The van der Waals surface area contributed by atoms with E-state index in [0.717, 1.165) is 55.9 Å². The Bertz CT molecular complexity index is 1230. The summed E-state index contributed by atoms with van der Waals surface area (Å²) in [5, 5.41) is 15.4. The van der Waals surface area contributed by atoms with Crippen LogP contribution in [-0.2, 0) is 24.1 Å². The zero-order chi connectivity index (χ0) is 24.9. The molecule has 4 rings (SSSR count). The number of carboxylic acids is 1. The van der Waals surface area contributed by atoms with Gasteiger partial charge in [-0.15, -0.1) is 11.3 Å². The zero-order valence-electron chi connectivity index (χ0n) is 19.9. The van der Waals surface area contributed by atoms with Crippen LogP contribution in [0.2, 0.25) is 0 Å². The number of anilines is 1. The van der Waals surface area contributed by atoms with Crippen LogP contribution in [0.1, 0.15) is 63.1 Å². The first kappa shape index (κ1) is 24.8. The number of carbonyl (C=O) groups is 2. The summed E-state index contributed by atoms with van der Waals surface area (Å²) in [5.41, 5.74) is 3.64. The van der Waals surface area contributed by atoms with Gasteiger partial charge in [-0.1, -0.05) is 12.1 Å². The summed E-state index contributed by atoms with van der Waals surface area (Å²) in [5.74, 6) is -1.69. The van der Waals surface area contributed by atoms with E-state index in [2.05, 4.69) is 22.4 Å². The largest absolute Gasteiger partial charge is 0.481 e. The average Bonchev–Trinajstić information content (AvgIpc) is 3.30. The second-order valence-electron chi connectivity index (χ2n) is 8.96. The number of carbonyl (C=O) groups excluding carboxylic acids is 1. The lowest BCUT2D eigenvalue weighted by Crippen LogP contribution is -2.23. The van der Waals surface area contributed by atoms with Crippen molar-refractivity contribution in [2.45, 2.75) is 44.4 Å². The highest BCUT2D eigenvalue weighted by Gasteiger charge is 2.24. The van der Waals surface area contributed by atoms with Gasteiger partial charge in [-0.25, -0.2) is 14.4 Å². The van der Waals surface area contributed by atoms with E-state index in [0.29, 0.717) is 10.6 Å². The highest BCUT2D eigenvalue weighted by atomic mass is 32.1. The van der Waals surface area contributed by atoms with Crippen molar-refractivity contribution in [3.63, 3.8) is 0 Å². The van der Waals surface area contributed by atoms with E-state index in [1.54, 1.807) is 20.2 Å². The summed E-state index contributed by atoms with van der Waals surface area (Å²) in [4.78, 5) is 34.4. The molecule has 184 valence electrons. The standard InChI is InChI=1S/C26H29FN4O3S/c1-31(2)26(34)20-11-9-17(13-22(20)27)21(14-23(32)33)25-30-19(15-35-25)7-3-6-18-10-8-16-5-4-12-28-24(16)29-18/h8-11,13,15,21H,3-7,12,14H2,1-2H3,(H,28,29)(H,32,33). The number of aliphatic carboxylic acids is 1. The van der Waals surface area contributed by atoms with Crippen LogP contribution in [0.5, 0.6) is 0 Å². The molecule has 0 aliphatic carbocycles. The van der Waals surface area contributed by atoms with Gasteiger partial charge in [0.25, 0.3) is 5.91 Å². The van der Waals surface area contributed by atoms with E-state index in [1.165, 1.54) is 33.9 Å². The Morgan fingerprint density at radius 1 is 1.17 bits per heavy atom. The van der Waals surface area contributed by atoms with Crippen molar-refractivity contribution >= 4 is 29.0 Å². The molecule has 0 saturated carbocycles. The minimum atomic E-state index is -0.993. The van der Waals surface area contributed by atoms with E-state index in [-0.39, 0.29) is 12.0 Å². The quantitative estimate of drug-likeness (QED) is 0.452. The second kappa shape index (κ2) is 10.9. The number of aromatic nitrogens is 2. The molecule has 9 heteroatoms. The third kappa shape index (κ3) is 6.03. The van der Waals surface area contributed by atoms with E-state index < -0.39 is 23.6 Å². The van der Waals surface area contributed by atoms with Crippen molar-refractivity contribution in [3.05, 3.63) is 74.6 Å². The van der Waals surface area contributed by atoms with Gasteiger partial charge in [0.2, 0.25) is 0 Å². The topological polar surface area (TPSA) is 95.4 Å². The van der Waals surface area contributed by atoms with Crippen molar-refractivity contribution in [3.8, 4) is 0 Å². The number of aryl methyl sites for hydroxylation is 3. The van der Waals surface area contributed by atoms with Crippen LogP contribution in [0.4, 0.5) is 10.2 Å². The predicted molar refractivity (Wildman–Crippen MR) is 134 cm³/mol. The summed E-state index contributed by atoms with van der Waals surface area (Å²) < 4.78 is 14.7. The molecule has 0 radical (unpaired) electrons. The molecule has 7 nitrogen and oxygen atoms in total. The predicted octanol–water partition coefficient (Wildman–Crippen LogP) is 4.52. The lowest BCUT2D eigenvalue weighted by atomic mass is 9.95. The number of carboxylic acid groups (broad SMARTS) is 1. The Hall–Kier alpha value is -3.33.